The summed E-state index contributed by atoms with van der Waals surface area (Å²) in [7, 11) is 0. The fourth-order valence-corrected chi connectivity index (χ4v) is 3.24. The molecular weight excluding hydrogens is 297 g/mol. The second-order valence-corrected chi connectivity index (χ2v) is 5.91. The first-order valence-electron chi connectivity index (χ1n) is 6.07. The number of hydrogen-bond donors (Lipinski definition) is 1. The smallest absolute Gasteiger partial charge is 0.330 e. The van der Waals surface area contributed by atoms with Crippen molar-refractivity contribution in [2.75, 3.05) is 19.6 Å². The zero-order chi connectivity index (χ0) is 13.2. The molecule has 19 heavy (non-hydrogen) atoms. The first-order chi connectivity index (χ1) is 8.49. The monoisotopic (exact) mass is 314 g/mol. The summed E-state index contributed by atoms with van der Waals surface area (Å²) in [4.78, 5) is 2.47. The average molecular weight is 315 g/mol. The lowest BCUT2D eigenvalue weighted by molar-refractivity contribution is -0.134. The summed E-state index contributed by atoms with van der Waals surface area (Å²) >= 11 is 0.844. The van der Waals surface area contributed by atoms with E-state index < -0.39 is 11.1 Å². The van der Waals surface area contributed by atoms with Gasteiger partial charge in [0.25, 0.3) is 0 Å². The van der Waals surface area contributed by atoms with E-state index in [-0.39, 0.29) is 12.4 Å². The highest BCUT2D eigenvalue weighted by atomic mass is 35.5. The summed E-state index contributed by atoms with van der Waals surface area (Å²) in [6, 6.07) is 2.75. The minimum absolute atomic E-state index is 0. The Morgan fingerprint density at radius 2 is 2.11 bits per heavy atom. The Morgan fingerprint density at radius 1 is 1.37 bits per heavy atom. The molecule has 110 valence electrons. The van der Waals surface area contributed by atoms with Crippen LogP contribution in [0, 0.1) is 5.92 Å². The summed E-state index contributed by atoms with van der Waals surface area (Å²) in [6.07, 6.45) is -2.00. The number of rotatable bonds is 3. The highest BCUT2D eigenvalue weighted by molar-refractivity contribution is 7.12. The molecule has 1 unspecified atom stereocenters. The summed E-state index contributed by atoms with van der Waals surface area (Å²) in [5.74, 6) is 0.487. The molecule has 1 aromatic rings. The molecule has 0 bridgehead atoms. The molecule has 0 saturated carbocycles. The normalized spacial score (nSPS) is 21.2. The van der Waals surface area contributed by atoms with Crippen molar-refractivity contribution < 1.29 is 13.2 Å². The Hall–Kier alpha value is -0.300. The van der Waals surface area contributed by atoms with E-state index in [1.54, 1.807) is 6.07 Å². The molecule has 1 aliphatic rings. The van der Waals surface area contributed by atoms with Crippen LogP contribution in [-0.4, -0.2) is 24.5 Å². The zero-order valence-electron chi connectivity index (χ0n) is 10.4. The molecule has 1 atom stereocenters. The van der Waals surface area contributed by atoms with Crippen molar-refractivity contribution in [1.29, 1.82) is 0 Å². The molecule has 2 rings (SSSR count). The van der Waals surface area contributed by atoms with Crippen LogP contribution in [0.4, 0.5) is 13.2 Å². The van der Waals surface area contributed by atoms with Crippen LogP contribution in [-0.2, 0) is 12.7 Å². The lowest BCUT2D eigenvalue weighted by atomic mass is 9.98. The first-order valence-corrected chi connectivity index (χ1v) is 6.89. The molecule has 7 heteroatoms. The fraction of sp³-hybridized carbons (Fsp3) is 0.667. The molecule has 1 aliphatic heterocycles. The van der Waals surface area contributed by atoms with Crippen LogP contribution >= 0.6 is 23.7 Å². The predicted molar refractivity (Wildman–Crippen MR) is 73.6 cm³/mol. The molecule has 0 aromatic carbocycles. The quantitative estimate of drug-likeness (QED) is 0.927. The van der Waals surface area contributed by atoms with Crippen molar-refractivity contribution in [3.63, 3.8) is 0 Å². The highest BCUT2D eigenvalue weighted by Crippen LogP contribution is 2.35. The van der Waals surface area contributed by atoms with Crippen molar-refractivity contribution in [1.82, 2.24) is 4.90 Å². The number of nitrogens with two attached hydrogens (primary N) is 1. The van der Waals surface area contributed by atoms with Crippen LogP contribution in [0.15, 0.2) is 12.1 Å². The van der Waals surface area contributed by atoms with E-state index in [0.29, 0.717) is 19.0 Å². The van der Waals surface area contributed by atoms with Crippen molar-refractivity contribution in [2.24, 2.45) is 11.7 Å². The number of thiophene rings is 1. The second kappa shape index (κ2) is 6.92. The van der Waals surface area contributed by atoms with Gasteiger partial charge in [0.2, 0.25) is 0 Å². The number of alkyl halides is 3. The second-order valence-electron chi connectivity index (χ2n) is 4.74. The predicted octanol–water partition coefficient (Wildman–Crippen LogP) is 3.36. The maximum absolute atomic E-state index is 12.5. The topological polar surface area (TPSA) is 29.3 Å². The Balaban J connectivity index is 0.00000180. The van der Waals surface area contributed by atoms with Gasteiger partial charge in [-0.25, -0.2) is 0 Å². The van der Waals surface area contributed by atoms with Crippen LogP contribution < -0.4 is 5.73 Å². The van der Waals surface area contributed by atoms with Gasteiger partial charge >= 0.3 is 6.18 Å². The van der Waals surface area contributed by atoms with Gasteiger partial charge in [-0.3, -0.25) is 4.90 Å². The molecule has 1 fully saturated rings. The number of piperidine rings is 1. The summed E-state index contributed by atoms with van der Waals surface area (Å²) in [6.45, 7) is 3.12. The number of nitrogens with zero attached hydrogens (tertiary/aromatic N) is 1. The summed E-state index contributed by atoms with van der Waals surface area (Å²) in [5.41, 5.74) is 5.65. The summed E-state index contributed by atoms with van der Waals surface area (Å²) < 4.78 is 37.4. The van der Waals surface area contributed by atoms with E-state index >= 15 is 0 Å². The first kappa shape index (κ1) is 16.8. The van der Waals surface area contributed by atoms with Crippen molar-refractivity contribution in [2.45, 2.75) is 25.6 Å². The fourth-order valence-electron chi connectivity index (χ4n) is 2.32. The molecule has 2 nitrogen and oxygen atoms in total. The van der Waals surface area contributed by atoms with E-state index in [0.717, 1.165) is 42.1 Å². The number of hydrogen-bond acceptors (Lipinski definition) is 3. The van der Waals surface area contributed by atoms with Gasteiger partial charge in [-0.15, -0.1) is 23.7 Å². The van der Waals surface area contributed by atoms with Gasteiger partial charge in [0.05, 0.1) is 0 Å². The van der Waals surface area contributed by atoms with E-state index in [2.05, 4.69) is 4.90 Å². The zero-order valence-corrected chi connectivity index (χ0v) is 12.1. The van der Waals surface area contributed by atoms with Crippen LogP contribution in [0.2, 0.25) is 0 Å². The molecule has 1 saturated heterocycles. The van der Waals surface area contributed by atoms with Crippen LogP contribution in [0.25, 0.3) is 0 Å². The van der Waals surface area contributed by atoms with E-state index in [1.165, 1.54) is 6.07 Å². The average Bonchev–Trinajstić information content (AvgIpc) is 2.77. The Kier molecular flexibility index (Phi) is 6.11. The molecule has 0 spiro atoms. The molecule has 1 aromatic heterocycles. The van der Waals surface area contributed by atoms with E-state index in [9.17, 15) is 13.2 Å². The van der Waals surface area contributed by atoms with E-state index in [4.69, 9.17) is 5.73 Å². The summed E-state index contributed by atoms with van der Waals surface area (Å²) in [5, 5.41) is 0. The van der Waals surface area contributed by atoms with Crippen molar-refractivity contribution in [3.05, 3.63) is 21.9 Å². The number of likely N-dealkylation sites (tertiary alicyclic amines) is 1. The van der Waals surface area contributed by atoms with Gasteiger partial charge in [0, 0.05) is 18.0 Å². The van der Waals surface area contributed by atoms with Gasteiger partial charge in [0.15, 0.2) is 0 Å². The van der Waals surface area contributed by atoms with Gasteiger partial charge in [-0.1, -0.05) is 0 Å². The third-order valence-corrected chi connectivity index (χ3v) is 4.37. The minimum Gasteiger partial charge on any atom is -0.330 e. The van der Waals surface area contributed by atoms with Crippen molar-refractivity contribution in [3.8, 4) is 0 Å². The minimum atomic E-state index is -4.22. The standard InChI is InChI=1S/C12H17F3N2S.ClH/c13-12(14,15)11-4-3-10(18-11)8-17-5-1-2-9(6-16)7-17;/h3-4,9H,1-2,5-8,16H2;1H. The highest BCUT2D eigenvalue weighted by Gasteiger charge is 2.32. The van der Waals surface area contributed by atoms with Gasteiger partial charge in [-0.2, -0.15) is 13.2 Å². The van der Waals surface area contributed by atoms with Crippen LogP contribution in [0.5, 0.6) is 0 Å². The molecule has 0 amide bonds. The molecule has 2 N–H and O–H groups in total. The molecule has 0 aliphatic carbocycles. The van der Waals surface area contributed by atoms with Crippen LogP contribution in [0.1, 0.15) is 22.6 Å². The Morgan fingerprint density at radius 3 is 2.68 bits per heavy atom. The third-order valence-electron chi connectivity index (χ3n) is 3.26. The molecule has 0 radical (unpaired) electrons. The Labute approximate surface area is 121 Å². The lowest BCUT2D eigenvalue weighted by Gasteiger charge is -2.31. The maximum atomic E-state index is 12.5. The lowest BCUT2D eigenvalue weighted by Crippen LogP contribution is -2.37. The largest absolute Gasteiger partial charge is 0.425 e. The molecule has 2 heterocycles. The Bertz CT molecular complexity index is 395. The van der Waals surface area contributed by atoms with Gasteiger partial charge in [0.1, 0.15) is 4.88 Å². The van der Waals surface area contributed by atoms with Crippen molar-refractivity contribution >= 4 is 23.7 Å². The van der Waals surface area contributed by atoms with Gasteiger partial charge < -0.3 is 5.73 Å². The number of halogens is 4. The third kappa shape index (κ3) is 4.63. The van der Waals surface area contributed by atoms with E-state index in [1.807, 2.05) is 0 Å². The maximum Gasteiger partial charge on any atom is 0.425 e. The van der Waals surface area contributed by atoms with Crippen LogP contribution in [0.3, 0.4) is 0 Å². The molecular formula is C12H18ClF3N2S. The SMILES string of the molecule is Cl.NCC1CCCN(Cc2ccc(C(F)(F)F)s2)C1. The van der Waals surface area contributed by atoms with Gasteiger partial charge in [-0.05, 0) is 44.0 Å².